The van der Waals surface area contributed by atoms with Gasteiger partial charge in [0.05, 0.1) is 5.52 Å². The summed E-state index contributed by atoms with van der Waals surface area (Å²) in [5.74, 6) is 1.24. The van der Waals surface area contributed by atoms with E-state index in [4.69, 9.17) is 5.73 Å². The molecule has 0 aliphatic heterocycles. The Morgan fingerprint density at radius 2 is 2.11 bits per heavy atom. The first-order chi connectivity index (χ1) is 8.66. The number of nitrogens with zero attached hydrogens (tertiary/aromatic N) is 1. The van der Waals surface area contributed by atoms with Crippen LogP contribution in [0, 0.1) is 0 Å². The predicted octanol–water partition coefficient (Wildman–Crippen LogP) is 2.22. The summed E-state index contributed by atoms with van der Waals surface area (Å²) in [6.45, 7) is 1.94. The number of hydrogen-bond donors (Lipinski definition) is 1. The van der Waals surface area contributed by atoms with Crippen molar-refractivity contribution >= 4 is 21.7 Å². The molecule has 96 valence electrons. The summed E-state index contributed by atoms with van der Waals surface area (Å²) in [5.41, 5.74) is 7.74. The van der Waals surface area contributed by atoms with Crippen LogP contribution in [0.5, 0.6) is 0 Å². The molecular weight excluding hydrogens is 244 g/mol. The Morgan fingerprint density at radius 3 is 2.89 bits per heavy atom. The number of nitrogens with two attached hydrogens (primary N) is 1. The Kier molecular flexibility index (Phi) is 4.44. The quantitative estimate of drug-likeness (QED) is 0.899. The average molecular weight is 262 g/mol. The monoisotopic (exact) mass is 262 g/mol. The maximum Gasteiger partial charge on any atom is 0.0705 e. The van der Waals surface area contributed by atoms with Crippen LogP contribution in [-0.4, -0.2) is 21.0 Å². The first-order valence-electron chi connectivity index (χ1n) is 6.10. The third-order valence-corrected chi connectivity index (χ3v) is 4.18. The van der Waals surface area contributed by atoms with Gasteiger partial charge in [-0.3, -0.25) is 9.19 Å². The van der Waals surface area contributed by atoms with Crippen molar-refractivity contribution < 1.29 is 4.21 Å². The number of para-hydroxylation sites is 1. The van der Waals surface area contributed by atoms with Gasteiger partial charge in [0.2, 0.25) is 0 Å². The molecule has 0 saturated heterocycles. The summed E-state index contributed by atoms with van der Waals surface area (Å²) in [6, 6.07) is 10.0. The fraction of sp³-hybridized carbons (Fsp3) is 0.357. The minimum Gasteiger partial charge on any atom is -0.328 e. The minimum absolute atomic E-state index is 0.114. The van der Waals surface area contributed by atoms with Crippen molar-refractivity contribution in [1.29, 1.82) is 0 Å². The molecule has 0 radical (unpaired) electrons. The summed E-state index contributed by atoms with van der Waals surface area (Å²) in [7, 11) is -0.855. The molecule has 2 aromatic rings. The van der Waals surface area contributed by atoms with Gasteiger partial charge in [-0.2, -0.15) is 0 Å². The third kappa shape index (κ3) is 3.37. The van der Waals surface area contributed by atoms with Gasteiger partial charge in [0.25, 0.3) is 0 Å². The Labute approximate surface area is 110 Å². The third-order valence-electron chi connectivity index (χ3n) is 2.86. The van der Waals surface area contributed by atoms with Gasteiger partial charge in [-0.1, -0.05) is 18.2 Å². The van der Waals surface area contributed by atoms with E-state index in [1.807, 2.05) is 37.3 Å². The molecule has 0 fully saturated rings. The van der Waals surface area contributed by atoms with Gasteiger partial charge in [-0.05, 0) is 31.0 Å². The van der Waals surface area contributed by atoms with Gasteiger partial charge >= 0.3 is 0 Å². The summed E-state index contributed by atoms with van der Waals surface area (Å²) < 4.78 is 12.0. The second kappa shape index (κ2) is 6.07. The maximum atomic E-state index is 12.0. The van der Waals surface area contributed by atoms with E-state index in [-0.39, 0.29) is 6.04 Å². The van der Waals surface area contributed by atoms with E-state index in [0.717, 1.165) is 22.9 Å². The van der Waals surface area contributed by atoms with E-state index >= 15 is 0 Å². The van der Waals surface area contributed by atoms with Crippen LogP contribution in [0.1, 0.15) is 18.9 Å². The second-order valence-electron chi connectivity index (χ2n) is 4.54. The highest BCUT2D eigenvalue weighted by molar-refractivity contribution is 7.84. The maximum absolute atomic E-state index is 12.0. The predicted molar refractivity (Wildman–Crippen MR) is 76.7 cm³/mol. The molecule has 18 heavy (non-hydrogen) atoms. The summed E-state index contributed by atoms with van der Waals surface area (Å²) in [4.78, 5) is 4.30. The molecular formula is C14H18N2OS. The minimum atomic E-state index is -0.855. The van der Waals surface area contributed by atoms with Crippen LogP contribution in [0.15, 0.2) is 36.5 Å². The molecule has 2 rings (SSSR count). The zero-order valence-electron chi connectivity index (χ0n) is 10.5. The van der Waals surface area contributed by atoms with E-state index in [1.165, 1.54) is 0 Å². The van der Waals surface area contributed by atoms with Crippen molar-refractivity contribution in [2.45, 2.75) is 25.1 Å². The number of hydrogen-bond acceptors (Lipinski definition) is 3. The topological polar surface area (TPSA) is 56.0 Å². The standard InChI is InChI=1S/C14H18N2OS/c1-11(15)7-9-18(17)10-12-6-8-16-14-5-3-2-4-13(12)14/h2-6,8,11H,7,9-10,15H2,1H3. The van der Waals surface area contributed by atoms with Crippen molar-refractivity contribution in [2.75, 3.05) is 5.75 Å². The van der Waals surface area contributed by atoms with Crippen molar-refractivity contribution in [3.63, 3.8) is 0 Å². The molecule has 0 aliphatic carbocycles. The zero-order valence-corrected chi connectivity index (χ0v) is 11.3. The summed E-state index contributed by atoms with van der Waals surface area (Å²) in [5, 5.41) is 1.09. The molecule has 0 aliphatic rings. The van der Waals surface area contributed by atoms with Gasteiger partial charge in [0.1, 0.15) is 0 Å². The highest BCUT2D eigenvalue weighted by Crippen LogP contribution is 2.17. The van der Waals surface area contributed by atoms with E-state index in [9.17, 15) is 4.21 Å². The van der Waals surface area contributed by atoms with Crippen molar-refractivity contribution in [3.05, 3.63) is 42.1 Å². The Morgan fingerprint density at radius 1 is 1.33 bits per heavy atom. The molecule has 1 aromatic carbocycles. The summed E-state index contributed by atoms with van der Waals surface area (Å²) in [6.07, 6.45) is 2.58. The lowest BCUT2D eigenvalue weighted by Gasteiger charge is -2.07. The smallest absolute Gasteiger partial charge is 0.0705 e. The lowest BCUT2D eigenvalue weighted by molar-refractivity contribution is 0.667. The normalized spacial score (nSPS) is 14.6. The molecule has 0 amide bonds. The SMILES string of the molecule is CC(N)CCS(=O)Cc1ccnc2ccccc12. The Balaban J connectivity index is 2.14. The van der Waals surface area contributed by atoms with Crippen molar-refractivity contribution in [2.24, 2.45) is 5.73 Å². The van der Waals surface area contributed by atoms with E-state index in [2.05, 4.69) is 4.98 Å². The average Bonchev–Trinajstić information content (AvgIpc) is 2.37. The van der Waals surface area contributed by atoms with Gasteiger partial charge < -0.3 is 5.73 Å². The molecule has 1 heterocycles. The lowest BCUT2D eigenvalue weighted by atomic mass is 10.1. The van der Waals surface area contributed by atoms with Gasteiger partial charge in [-0.25, -0.2) is 0 Å². The first kappa shape index (κ1) is 13.2. The van der Waals surface area contributed by atoms with Crippen molar-refractivity contribution in [1.82, 2.24) is 4.98 Å². The number of benzene rings is 1. The van der Waals surface area contributed by atoms with Crippen LogP contribution >= 0.6 is 0 Å². The molecule has 2 atom stereocenters. The largest absolute Gasteiger partial charge is 0.328 e. The van der Waals surface area contributed by atoms with E-state index < -0.39 is 10.8 Å². The number of fused-ring (bicyclic) bond motifs is 1. The van der Waals surface area contributed by atoms with Crippen molar-refractivity contribution in [3.8, 4) is 0 Å². The van der Waals surface area contributed by atoms with E-state index in [1.54, 1.807) is 6.20 Å². The fourth-order valence-electron chi connectivity index (χ4n) is 1.84. The molecule has 1 aromatic heterocycles. The number of pyridine rings is 1. The molecule has 2 N–H and O–H groups in total. The van der Waals surface area contributed by atoms with Crippen LogP contribution < -0.4 is 5.73 Å². The Hall–Kier alpha value is -1.26. The van der Waals surface area contributed by atoms with Crippen LogP contribution in [0.4, 0.5) is 0 Å². The molecule has 0 bridgehead atoms. The van der Waals surface area contributed by atoms with Gasteiger partial charge in [0.15, 0.2) is 0 Å². The highest BCUT2D eigenvalue weighted by Gasteiger charge is 2.07. The van der Waals surface area contributed by atoms with Crippen LogP contribution in [0.2, 0.25) is 0 Å². The van der Waals surface area contributed by atoms with Crippen LogP contribution in [0.25, 0.3) is 10.9 Å². The highest BCUT2D eigenvalue weighted by atomic mass is 32.2. The zero-order chi connectivity index (χ0) is 13.0. The fourth-order valence-corrected chi connectivity index (χ4v) is 3.22. The molecule has 2 unspecified atom stereocenters. The van der Waals surface area contributed by atoms with Gasteiger partial charge in [0, 0.05) is 39.9 Å². The molecule has 4 heteroatoms. The van der Waals surface area contributed by atoms with Gasteiger partial charge in [-0.15, -0.1) is 0 Å². The number of rotatable bonds is 5. The molecule has 0 saturated carbocycles. The number of aromatic nitrogens is 1. The molecule has 0 spiro atoms. The Bertz CT molecular complexity index is 549. The summed E-state index contributed by atoms with van der Waals surface area (Å²) >= 11 is 0. The van der Waals surface area contributed by atoms with E-state index in [0.29, 0.717) is 11.5 Å². The van der Waals surface area contributed by atoms with Crippen LogP contribution in [0.3, 0.4) is 0 Å². The van der Waals surface area contributed by atoms with Crippen LogP contribution in [-0.2, 0) is 16.6 Å². The lowest BCUT2D eigenvalue weighted by Crippen LogP contribution is -2.18. The first-order valence-corrected chi connectivity index (χ1v) is 7.59. The second-order valence-corrected chi connectivity index (χ2v) is 6.12. The molecule has 3 nitrogen and oxygen atoms in total.